The van der Waals surface area contributed by atoms with E-state index in [4.69, 9.17) is 31.4 Å². The molecule has 14 nitrogen and oxygen atoms in total. The lowest BCUT2D eigenvalue weighted by molar-refractivity contribution is -0.149. The molecule has 0 radical (unpaired) electrons. The van der Waals surface area contributed by atoms with E-state index in [1.807, 2.05) is 97.1 Å². The molecule has 0 unspecified atom stereocenters. The predicted octanol–water partition coefficient (Wildman–Crippen LogP) is 7.26. The highest BCUT2D eigenvalue weighted by Gasteiger charge is 2.30. The second-order valence-corrected chi connectivity index (χ2v) is 16.2. The van der Waals surface area contributed by atoms with Crippen LogP contribution in [0.3, 0.4) is 0 Å². The summed E-state index contributed by atoms with van der Waals surface area (Å²) in [5, 5.41) is 12.3. The summed E-state index contributed by atoms with van der Waals surface area (Å²) in [6, 6.07) is 29.7. The number of aliphatic imine (C=N–C) groups is 1. The largest absolute Gasteiger partial charge is 0.493 e. The molecule has 0 saturated carbocycles. The summed E-state index contributed by atoms with van der Waals surface area (Å²) in [6.07, 6.45) is 4.22. The molecule has 0 aromatic heterocycles. The summed E-state index contributed by atoms with van der Waals surface area (Å²) in [7, 11) is 0. The van der Waals surface area contributed by atoms with E-state index in [0.29, 0.717) is 49.8 Å². The number of unbranched alkanes of at least 4 members (excludes halogenated alkanes) is 1. The number of nitrogens with two attached hydrogens (primary N) is 3. The van der Waals surface area contributed by atoms with E-state index in [1.54, 1.807) is 0 Å². The number of guanidine groups is 1. The number of nitrogens with one attached hydrogen (secondary N) is 3. The van der Waals surface area contributed by atoms with Crippen LogP contribution >= 0.6 is 24.8 Å². The summed E-state index contributed by atoms with van der Waals surface area (Å²) in [5.41, 5.74) is 19.3. The zero-order valence-electron chi connectivity index (χ0n) is 38.2. The number of nitrogens with zero attached hydrogens (tertiary/aromatic N) is 1. The van der Waals surface area contributed by atoms with Crippen LogP contribution in [-0.4, -0.2) is 74.1 Å². The van der Waals surface area contributed by atoms with E-state index in [-0.39, 0.29) is 63.2 Å². The third-order valence-corrected chi connectivity index (χ3v) is 10.7. The van der Waals surface area contributed by atoms with Gasteiger partial charge in [-0.1, -0.05) is 111 Å². The molecule has 0 bridgehead atoms. The number of hydrogen-bond donors (Lipinski definition) is 6. The van der Waals surface area contributed by atoms with Gasteiger partial charge in [-0.2, -0.15) is 0 Å². The van der Waals surface area contributed by atoms with E-state index in [2.05, 4.69) is 47.4 Å². The molecule has 16 heteroatoms. The van der Waals surface area contributed by atoms with Gasteiger partial charge in [-0.05, 0) is 96.6 Å². The van der Waals surface area contributed by atoms with Crippen molar-refractivity contribution in [3.05, 3.63) is 121 Å². The Morgan fingerprint density at radius 1 is 0.672 bits per heavy atom. The third-order valence-electron chi connectivity index (χ3n) is 10.7. The number of esters is 1. The number of ether oxygens (including phenoxy) is 3. The van der Waals surface area contributed by atoms with Gasteiger partial charge in [0.15, 0.2) is 12.6 Å². The van der Waals surface area contributed by atoms with E-state index >= 15 is 0 Å². The van der Waals surface area contributed by atoms with Gasteiger partial charge in [0, 0.05) is 17.7 Å². The average molecular weight is 959 g/mol. The van der Waals surface area contributed by atoms with Crippen LogP contribution in [0.5, 0.6) is 11.5 Å². The van der Waals surface area contributed by atoms with Gasteiger partial charge in [0.25, 0.3) is 5.91 Å². The summed E-state index contributed by atoms with van der Waals surface area (Å²) in [5.74, 6) is -0.957. The zero-order chi connectivity index (χ0) is 46.6. The first kappa shape index (κ1) is 55.0. The Bertz CT molecular complexity index is 2410. The fourth-order valence-electron chi connectivity index (χ4n) is 7.33. The Morgan fingerprint density at radius 3 is 1.81 bits per heavy atom. The molecule has 0 fully saturated rings. The average Bonchev–Trinajstić information content (AvgIpc) is 3.30. The Morgan fingerprint density at radius 2 is 1.22 bits per heavy atom. The number of halogens is 2. The molecule has 0 aliphatic rings. The Balaban J connectivity index is 0.00000595. The summed E-state index contributed by atoms with van der Waals surface area (Å²) in [4.78, 5) is 59.0. The molecule has 9 N–H and O–H groups in total. The molecule has 3 amide bonds. The zero-order valence-corrected chi connectivity index (χ0v) is 39.9. The van der Waals surface area contributed by atoms with E-state index in [0.717, 1.165) is 44.7 Å². The minimum Gasteiger partial charge on any atom is -0.493 e. The first-order valence-corrected chi connectivity index (χ1v) is 22.3. The minimum atomic E-state index is -1.13. The van der Waals surface area contributed by atoms with Crippen molar-refractivity contribution in [3.63, 3.8) is 0 Å². The third kappa shape index (κ3) is 16.8. The van der Waals surface area contributed by atoms with Crippen LogP contribution < -0.4 is 42.6 Å². The van der Waals surface area contributed by atoms with Crippen molar-refractivity contribution in [2.24, 2.45) is 28.1 Å². The summed E-state index contributed by atoms with van der Waals surface area (Å²) in [6.45, 7) is 8.72. The number of amides is 3. The molecule has 0 aliphatic heterocycles. The fourth-order valence-corrected chi connectivity index (χ4v) is 7.33. The highest BCUT2D eigenvalue weighted by atomic mass is 35.5. The molecular formula is C51H65Cl2N7O7. The maximum atomic E-state index is 14.1. The van der Waals surface area contributed by atoms with Crippen LogP contribution in [-0.2, 0) is 30.5 Å². The van der Waals surface area contributed by atoms with E-state index < -0.39 is 48.4 Å². The molecule has 5 rings (SSSR count). The van der Waals surface area contributed by atoms with Crippen LogP contribution in [0.2, 0.25) is 0 Å². The highest BCUT2D eigenvalue weighted by molar-refractivity contribution is 6.10. The first-order chi connectivity index (χ1) is 31.5. The van der Waals surface area contributed by atoms with E-state index in [9.17, 15) is 19.2 Å². The summed E-state index contributed by atoms with van der Waals surface area (Å²) >= 11 is 0. The Kier molecular flexibility index (Phi) is 23.5. The SMILES string of the molecule is C=CC[C@H](NC(=O)[C@@H](CCCN=C(N)N)NC(=O)[C@@H](CCCCN)NC(=O)COc1ccc2ccccc2c1-c1c(OCCC(C)C)ccc2ccccc12)C(=O)OCc1ccccc1.Cl.Cl. The van der Waals surface area contributed by atoms with Gasteiger partial charge in [0.05, 0.1) is 6.61 Å². The molecule has 67 heavy (non-hydrogen) atoms. The van der Waals surface area contributed by atoms with Crippen LogP contribution in [0.25, 0.3) is 32.7 Å². The van der Waals surface area contributed by atoms with Crippen molar-refractivity contribution in [1.29, 1.82) is 0 Å². The number of fused-ring (bicyclic) bond motifs is 2. The Labute approximate surface area is 405 Å². The monoisotopic (exact) mass is 957 g/mol. The van der Waals surface area contributed by atoms with Gasteiger partial charge in [0.1, 0.15) is 36.2 Å². The van der Waals surface area contributed by atoms with Crippen LogP contribution in [0, 0.1) is 5.92 Å². The molecule has 0 aliphatic carbocycles. The van der Waals surface area contributed by atoms with Gasteiger partial charge in [-0.25, -0.2) is 4.79 Å². The van der Waals surface area contributed by atoms with Crippen LogP contribution in [0.4, 0.5) is 0 Å². The van der Waals surface area contributed by atoms with Gasteiger partial charge < -0.3 is 47.4 Å². The number of rotatable bonds is 26. The fraction of sp³-hybridized carbons (Fsp3) is 0.353. The molecule has 0 saturated heterocycles. The van der Waals surface area contributed by atoms with Crippen molar-refractivity contribution in [1.82, 2.24) is 16.0 Å². The maximum Gasteiger partial charge on any atom is 0.329 e. The van der Waals surface area contributed by atoms with Crippen LogP contribution in [0.15, 0.2) is 121 Å². The summed E-state index contributed by atoms with van der Waals surface area (Å²) < 4.78 is 18.4. The van der Waals surface area contributed by atoms with Gasteiger partial charge >= 0.3 is 5.97 Å². The molecule has 3 atom stereocenters. The second kappa shape index (κ2) is 28.6. The molecule has 0 heterocycles. The van der Waals surface area contributed by atoms with E-state index in [1.165, 1.54) is 6.08 Å². The molecule has 360 valence electrons. The quantitative estimate of drug-likeness (QED) is 0.0107. The number of hydrogen-bond acceptors (Lipinski definition) is 9. The lowest BCUT2D eigenvalue weighted by Crippen LogP contribution is -2.56. The van der Waals surface area contributed by atoms with Gasteiger partial charge in [-0.3, -0.25) is 19.4 Å². The lowest BCUT2D eigenvalue weighted by Gasteiger charge is -2.25. The molecule has 0 spiro atoms. The van der Waals surface area contributed by atoms with Crippen molar-refractivity contribution in [2.45, 2.75) is 83.5 Å². The highest BCUT2D eigenvalue weighted by Crippen LogP contribution is 2.45. The van der Waals surface area contributed by atoms with Crippen LogP contribution in [0.1, 0.15) is 64.4 Å². The van der Waals surface area contributed by atoms with Crippen molar-refractivity contribution in [3.8, 4) is 22.6 Å². The molecule has 5 aromatic rings. The number of benzene rings is 5. The van der Waals surface area contributed by atoms with Gasteiger partial charge in [-0.15, -0.1) is 31.4 Å². The standard InChI is InChI=1S/C51H63N7O7.2ClH/c1-4-15-42(50(62)65-32-35-16-6-5-7-17-35)58-49(61)41(23-14-30-55-51(53)54)57-48(60)40(22-12-13-29-52)56-45(59)33-64-44-27-25-37-19-9-11-21-39(37)47(44)46-38-20-10-8-18-36(38)24-26-43(46)63-31-28-34(2)3;;/h4-11,16-21,24-27,34,40-42H,1,12-15,22-23,28-33,52H2,2-3H3,(H,56,59)(H,57,60)(H,58,61)(H4,53,54,55);2*1H/t40-,41-,42+;;/m1../s1. The van der Waals surface area contributed by atoms with Crippen molar-refractivity contribution in [2.75, 3.05) is 26.3 Å². The van der Waals surface area contributed by atoms with Crippen molar-refractivity contribution >= 4 is 76.0 Å². The van der Waals surface area contributed by atoms with Crippen molar-refractivity contribution < 1.29 is 33.4 Å². The first-order valence-electron chi connectivity index (χ1n) is 22.3. The molecule has 5 aromatic carbocycles. The second-order valence-electron chi connectivity index (χ2n) is 16.2. The minimum absolute atomic E-state index is 0. The topological polar surface area (TPSA) is 222 Å². The smallest absolute Gasteiger partial charge is 0.329 e. The number of carbonyl (C=O) groups excluding carboxylic acids is 4. The van der Waals surface area contributed by atoms with Gasteiger partial charge in [0.2, 0.25) is 11.8 Å². The molecular weight excluding hydrogens is 894 g/mol. The normalized spacial score (nSPS) is 12.1. The predicted molar refractivity (Wildman–Crippen MR) is 271 cm³/mol. The number of carbonyl (C=O) groups is 4. The lowest BCUT2D eigenvalue weighted by atomic mass is 9.92. The Hall–Kier alpha value is -6.35. The maximum absolute atomic E-state index is 14.1.